The van der Waals surface area contributed by atoms with E-state index in [2.05, 4.69) is 40.8 Å². The maximum absolute atomic E-state index is 12.0. The number of nitrogens with one attached hydrogen (secondary N) is 1. The number of benzene rings is 2. The van der Waals surface area contributed by atoms with Crippen LogP contribution in [0.4, 0.5) is 4.79 Å². The summed E-state index contributed by atoms with van der Waals surface area (Å²) in [6.45, 7) is 5.66. The Morgan fingerprint density at radius 3 is 2.72 bits per heavy atom. The number of hydrogen-bond donors (Lipinski definition) is 2. The average Bonchev–Trinajstić information content (AvgIpc) is 2.85. The topological polar surface area (TPSA) is 61.8 Å². The summed E-state index contributed by atoms with van der Waals surface area (Å²) in [5.74, 6) is 0.490. The molecule has 1 unspecified atom stereocenters. The molecular formula is C23H30N2O3S. The van der Waals surface area contributed by atoms with Crippen molar-refractivity contribution in [1.82, 2.24) is 9.62 Å². The number of aliphatic hydroxyl groups is 1. The van der Waals surface area contributed by atoms with Crippen molar-refractivity contribution in [2.24, 2.45) is 5.92 Å². The zero-order valence-electron chi connectivity index (χ0n) is 17.1. The van der Waals surface area contributed by atoms with Crippen LogP contribution in [0, 0.1) is 5.92 Å². The van der Waals surface area contributed by atoms with Crippen LogP contribution in [0.3, 0.4) is 0 Å². The molecular weight excluding hydrogens is 384 g/mol. The Morgan fingerprint density at radius 2 is 1.97 bits per heavy atom. The zero-order valence-corrected chi connectivity index (χ0v) is 17.9. The first-order chi connectivity index (χ1) is 14.0. The minimum atomic E-state index is -0.718. The van der Waals surface area contributed by atoms with Gasteiger partial charge in [-0.1, -0.05) is 55.5 Å². The van der Waals surface area contributed by atoms with Crippen molar-refractivity contribution >= 4 is 18.0 Å². The Labute approximate surface area is 177 Å². The fourth-order valence-corrected chi connectivity index (χ4v) is 4.89. The number of ether oxygens (including phenoxy) is 1. The van der Waals surface area contributed by atoms with Crippen LogP contribution < -0.4 is 5.32 Å². The largest absolute Gasteiger partial charge is 0.450 e. The highest BCUT2D eigenvalue weighted by Crippen LogP contribution is 2.32. The second kappa shape index (κ2) is 10.7. The van der Waals surface area contributed by atoms with Crippen LogP contribution in [-0.4, -0.2) is 47.3 Å². The average molecular weight is 415 g/mol. The molecule has 2 aromatic carbocycles. The minimum Gasteiger partial charge on any atom is -0.450 e. The highest BCUT2D eigenvalue weighted by atomic mass is 32.2. The molecule has 0 fully saturated rings. The lowest BCUT2D eigenvalue weighted by atomic mass is 10.00. The molecule has 2 aromatic rings. The maximum Gasteiger partial charge on any atom is 0.407 e. The molecule has 3 rings (SSSR count). The number of amides is 1. The van der Waals surface area contributed by atoms with Crippen LogP contribution in [0.1, 0.15) is 25.0 Å². The third-order valence-corrected chi connectivity index (χ3v) is 6.17. The molecule has 1 aliphatic heterocycles. The van der Waals surface area contributed by atoms with Gasteiger partial charge in [0.2, 0.25) is 0 Å². The summed E-state index contributed by atoms with van der Waals surface area (Å²) < 4.78 is 7.27. The Balaban J connectivity index is 1.71. The van der Waals surface area contributed by atoms with Gasteiger partial charge in [0.25, 0.3) is 0 Å². The summed E-state index contributed by atoms with van der Waals surface area (Å²) >= 11 is 1.69. The van der Waals surface area contributed by atoms with Gasteiger partial charge in [0, 0.05) is 18.0 Å². The van der Waals surface area contributed by atoms with E-state index in [0.717, 1.165) is 18.5 Å². The standard InChI is InChI=1S/C23H30N2O3S/c1-3-28-23(27)24-20(14-18-9-5-4-6-10-18)21(26)16-25-15-17(2)13-19-11-7-8-12-22(19)29-25/h4-12,17,20-21,26H,3,13-16H2,1-2H3,(H,24,27)/t17-,20?,21+/m0/s1. The highest BCUT2D eigenvalue weighted by Gasteiger charge is 2.27. The summed E-state index contributed by atoms with van der Waals surface area (Å²) in [7, 11) is 0. The molecule has 3 atom stereocenters. The molecule has 1 amide bonds. The predicted molar refractivity (Wildman–Crippen MR) is 117 cm³/mol. The first-order valence-corrected chi connectivity index (χ1v) is 11.0. The van der Waals surface area contributed by atoms with Crippen molar-refractivity contribution in [2.45, 2.75) is 43.7 Å². The van der Waals surface area contributed by atoms with E-state index in [9.17, 15) is 9.90 Å². The maximum atomic E-state index is 12.0. The van der Waals surface area contributed by atoms with Gasteiger partial charge in [-0.25, -0.2) is 9.10 Å². The molecule has 0 saturated heterocycles. The molecule has 0 aromatic heterocycles. The third kappa shape index (κ3) is 6.49. The van der Waals surface area contributed by atoms with E-state index in [4.69, 9.17) is 4.74 Å². The highest BCUT2D eigenvalue weighted by molar-refractivity contribution is 7.97. The van der Waals surface area contributed by atoms with Gasteiger partial charge >= 0.3 is 6.09 Å². The number of hydrogen-bond acceptors (Lipinski definition) is 5. The Kier molecular flexibility index (Phi) is 7.98. The first kappa shape index (κ1) is 21.7. The molecule has 2 N–H and O–H groups in total. The predicted octanol–water partition coefficient (Wildman–Crippen LogP) is 3.91. The van der Waals surface area contributed by atoms with Gasteiger partial charge in [0.15, 0.2) is 0 Å². The molecule has 1 heterocycles. The second-order valence-corrected chi connectivity index (χ2v) is 8.72. The number of alkyl carbamates (subject to hydrolysis) is 1. The van der Waals surface area contributed by atoms with Crippen molar-refractivity contribution < 1.29 is 14.6 Å². The molecule has 0 radical (unpaired) electrons. The number of fused-ring (bicyclic) bond motifs is 1. The van der Waals surface area contributed by atoms with E-state index >= 15 is 0 Å². The summed E-state index contributed by atoms with van der Waals surface area (Å²) in [5.41, 5.74) is 2.42. The van der Waals surface area contributed by atoms with Crippen LogP contribution in [-0.2, 0) is 17.6 Å². The monoisotopic (exact) mass is 414 g/mol. The van der Waals surface area contributed by atoms with Crippen molar-refractivity contribution in [2.75, 3.05) is 19.7 Å². The summed E-state index contributed by atoms with van der Waals surface area (Å²) in [6.07, 6.45) is 0.370. The lowest BCUT2D eigenvalue weighted by Gasteiger charge is -2.29. The molecule has 0 bridgehead atoms. The van der Waals surface area contributed by atoms with Gasteiger partial charge in [-0.05, 0) is 54.8 Å². The van der Waals surface area contributed by atoms with Crippen molar-refractivity contribution in [3.8, 4) is 0 Å². The van der Waals surface area contributed by atoms with Gasteiger partial charge in [-0.3, -0.25) is 0 Å². The van der Waals surface area contributed by atoms with Gasteiger partial charge in [-0.2, -0.15) is 0 Å². The summed E-state index contributed by atoms with van der Waals surface area (Å²) in [4.78, 5) is 13.3. The SMILES string of the molecule is CCOC(=O)NC(Cc1ccccc1)[C@H](O)CN1C[C@@H](C)Cc2ccccc2S1. The van der Waals surface area contributed by atoms with E-state index in [1.807, 2.05) is 30.3 Å². The normalized spacial score (nSPS) is 18.9. The van der Waals surface area contributed by atoms with Crippen LogP contribution in [0.15, 0.2) is 59.5 Å². The zero-order chi connectivity index (χ0) is 20.6. The van der Waals surface area contributed by atoms with Crippen molar-refractivity contribution in [3.63, 3.8) is 0 Å². The van der Waals surface area contributed by atoms with Crippen LogP contribution in [0.2, 0.25) is 0 Å². The molecule has 5 nitrogen and oxygen atoms in total. The number of aliphatic hydroxyl groups excluding tert-OH is 1. The van der Waals surface area contributed by atoms with Gasteiger partial charge in [0.05, 0.1) is 18.8 Å². The number of rotatable bonds is 7. The molecule has 1 aliphatic rings. The van der Waals surface area contributed by atoms with E-state index in [0.29, 0.717) is 25.5 Å². The van der Waals surface area contributed by atoms with E-state index in [1.54, 1.807) is 18.9 Å². The van der Waals surface area contributed by atoms with Crippen LogP contribution in [0.25, 0.3) is 0 Å². The third-order valence-electron chi connectivity index (χ3n) is 5.02. The van der Waals surface area contributed by atoms with Crippen LogP contribution in [0.5, 0.6) is 0 Å². The molecule has 6 heteroatoms. The number of β-amino-alcohol motifs (C(OH)–C–C–N with tert-alkyl or cyclic N) is 1. The summed E-state index contributed by atoms with van der Waals surface area (Å²) in [6, 6.07) is 17.9. The van der Waals surface area contributed by atoms with E-state index in [1.165, 1.54) is 10.5 Å². The van der Waals surface area contributed by atoms with Gasteiger partial charge < -0.3 is 15.2 Å². The van der Waals surface area contributed by atoms with Crippen LogP contribution >= 0.6 is 11.9 Å². The fraction of sp³-hybridized carbons (Fsp3) is 0.435. The molecule has 0 aliphatic carbocycles. The fourth-order valence-electron chi connectivity index (χ4n) is 3.65. The Morgan fingerprint density at radius 1 is 1.24 bits per heavy atom. The number of carbonyl (C=O) groups is 1. The summed E-state index contributed by atoms with van der Waals surface area (Å²) in [5, 5.41) is 13.9. The Hall–Kier alpha value is -2.02. The number of nitrogens with zero attached hydrogens (tertiary/aromatic N) is 1. The lowest BCUT2D eigenvalue weighted by Crippen LogP contribution is -2.49. The van der Waals surface area contributed by atoms with E-state index in [-0.39, 0.29) is 0 Å². The molecule has 29 heavy (non-hydrogen) atoms. The number of carbonyl (C=O) groups excluding carboxylic acids is 1. The molecule has 0 spiro atoms. The second-order valence-electron chi connectivity index (χ2n) is 7.58. The van der Waals surface area contributed by atoms with E-state index < -0.39 is 18.2 Å². The van der Waals surface area contributed by atoms with Gasteiger partial charge in [-0.15, -0.1) is 0 Å². The van der Waals surface area contributed by atoms with Crippen molar-refractivity contribution in [1.29, 1.82) is 0 Å². The smallest absolute Gasteiger partial charge is 0.407 e. The lowest BCUT2D eigenvalue weighted by molar-refractivity contribution is 0.0926. The quantitative estimate of drug-likeness (QED) is 0.673. The molecule has 0 saturated carbocycles. The molecule has 156 valence electrons. The minimum absolute atomic E-state index is 0.302. The Bertz CT molecular complexity index is 787. The van der Waals surface area contributed by atoms with Gasteiger partial charge in [0.1, 0.15) is 0 Å². The first-order valence-electron chi connectivity index (χ1n) is 10.2. The van der Waals surface area contributed by atoms with Crippen molar-refractivity contribution in [3.05, 3.63) is 65.7 Å².